The molecule has 5 rings (SSSR count). The quantitative estimate of drug-likeness (QED) is 0.144. The molecule has 0 aliphatic rings. The van der Waals surface area contributed by atoms with Crippen LogP contribution in [-0.2, 0) is 0 Å². The van der Waals surface area contributed by atoms with Crippen LogP contribution >= 0.6 is 27.3 Å². The van der Waals surface area contributed by atoms with Crippen LogP contribution in [0.1, 0.15) is 27.2 Å². The van der Waals surface area contributed by atoms with E-state index in [2.05, 4.69) is 20.9 Å². The number of benzene rings is 3. The van der Waals surface area contributed by atoms with Gasteiger partial charge in [0.2, 0.25) is 0 Å². The fourth-order valence-corrected chi connectivity index (χ4v) is 5.26. The zero-order valence-corrected chi connectivity index (χ0v) is 19.5. The van der Waals surface area contributed by atoms with E-state index in [1.165, 1.54) is 11.3 Å². The van der Waals surface area contributed by atoms with Gasteiger partial charge in [-0.1, -0.05) is 82.2 Å². The highest BCUT2D eigenvalue weighted by atomic mass is 79.9. The second kappa shape index (κ2) is 8.30. The van der Waals surface area contributed by atoms with Gasteiger partial charge in [-0.25, -0.2) is 4.99 Å². The van der Waals surface area contributed by atoms with Gasteiger partial charge in [0.25, 0.3) is 16.3 Å². The summed E-state index contributed by atoms with van der Waals surface area (Å²) < 4.78 is 2.81. The number of hydrogen-bond acceptors (Lipinski definition) is 4. The number of carbonyl (C=O) groups is 1. The summed E-state index contributed by atoms with van der Waals surface area (Å²) in [6.07, 6.45) is 1.87. The van der Waals surface area contributed by atoms with Gasteiger partial charge in [-0.2, -0.15) is 0 Å². The van der Waals surface area contributed by atoms with Crippen LogP contribution in [0.15, 0.2) is 94.5 Å². The van der Waals surface area contributed by atoms with E-state index in [-0.39, 0.29) is 11.7 Å². The fraction of sp³-hybridized carbons (Fsp3) is 0.0385. The number of aliphatic imine (C=N–C) groups is 1. The molecule has 0 amide bonds. The van der Waals surface area contributed by atoms with Crippen LogP contribution in [0.4, 0.5) is 5.00 Å². The van der Waals surface area contributed by atoms with Gasteiger partial charge >= 0.3 is 0 Å². The van der Waals surface area contributed by atoms with Crippen molar-refractivity contribution in [2.45, 2.75) is 6.92 Å². The first-order valence-corrected chi connectivity index (χ1v) is 11.6. The lowest BCUT2D eigenvalue weighted by molar-refractivity contribution is -0.508. The van der Waals surface area contributed by atoms with E-state index >= 15 is 0 Å². The largest absolute Gasteiger partial charge is 0.858 e. The summed E-state index contributed by atoms with van der Waals surface area (Å²) in [5.74, 6) is -0.545. The first kappa shape index (κ1) is 20.5. The highest BCUT2D eigenvalue weighted by Gasteiger charge is 2.30. The highest BCUT2D eigenvalue weighted by molar-refractivity contribution is 9.10. The van der Waals surface area contributed by atoms with Crippen molar-refractivity contribution in [1.82, 2.24) is 0 Å². The number of ketones is 1. The minimum atomic E-state index is -0.374. The van der Waals surface area contributed by atoms with Crippen molar-refractivity contribution < 1.29 is 14.3 Å². The molecule has 0 saturated heterocycles. The number of rotatable bonds is 4. The molecule has 6 heteroatoms. The van der Waals surface area contributed by atoms with Crippen LogP contribution in [0.3, 0.4) is 0 Å². The van der Waals surface area contributed by atoms with Crippen LogP contribution in [0.25, 0.3) is 15.6 Å². The zero-order valence-electron chi connectivity index (χ0n) is 17.1. The predicted octanol–water partition coefficient (Wildman–Crippen LogP) is 5.38. The molecule has 0 spiro atoms. The molecule has 5 aromatic rings. The Labute approximate surface area is 197 Å². The highest BCUT2D eigenvalue weighted by Crippen LogP contribution is 2.34. The molecule has 2 aromatic heterocycles. The van der Waals surface area contributed by atoms with Crippen molar-refractivity contribution in [1.29, 1.82) is 0 Å². The number of halogens is 1. The molecule has 2 heterocycles. The molecule has 0 N–H and O–H groups in total. The maximum atomic E-state index is 13.6. The van der Waals surface area contributed by atoms with Gasteiger partial charge in [0.15, 0.2) is 11.2 Å². The molecule has 32 heavy (non-hydrogen) atoms. The van der Waals surface area contributed by atoms with E-state index in [4.69, 9.17) is 0 Å². The fourth-order valence-electron chi connectivity index (χ4n) is 3.62. The van der Waals surface area contributed by atoms with Gasteiger partial charge in [-0.05, 0) is 41.9 Å². The Bertz CT molecular complexity index is 1510. The number of thiazole rings is 1. The number of hydrogen-bond donors (Lipinski definition) is 0. The summed E-state index contributed by atoms with van der Waals surface area (Å²) >= 11 is 4.95. The first-order valence-electron chi connectivity index (χ1n) is 10.0. The SMILES string of the molecule is Cc1ccc(C(=O)c2c(/N=C(\[O-])c3ccccc3)sc3c4cccc(Br)c4cc[n+]23)cc1. The maximum Gasteiger partial charge on any atom is 0.296 e. The van der Waals surface area contributed by atoms with Gasteiger partial charge in [0.1, 0.15) is 0 Å². The van der Waals surface area contributed by atoms with E-state index in [0.717, 1.165) is 25.6 Å². The zero-order chi connectivity index (χ0) is 22.2. The third kappa shape index (κ3) is 3.61. The minimum absolute atomic E-state index is 0.171. The predicted molar refractivity (Wildman–Crippen MR) is 130 cm³/mol. The van der Waals surface area contributed by atoms with Crippen molar-refractivity contribution in [2.75, 3.05) is 0 Å². The summed E-state index contributed by atoms with van der Waals surface area (Å²) in [7, 11) is 0. The third-order valence-corrected chi connectivity index (χ3v) is 7.06. The molecule has 0 bridgehead atoms. The van der Waals surface area contributed by atoms with Crippen molar-refractivity contribution in [3.8, 4) is 0 Å². The first-order chi connectivity index (χ1) is 15.5. The minimum Gasteiger partial charge on any atom is -0.858 e. The number of nitrogens with zero attached hydrogens (tertiary/aromatic N) is 2. The summed E-state index contributed by atoms with van der Waals surface area (Å²) in [5, 5.41) is 15.3. The Hall–Kier alpha value is -3.35. The van der Waals surface area contributed by atoms with E-state index in [1.54, 1.807) is 24.3 Å². The number of fused-ring (bicyclic) bond motifs is 3. The Morgan fingerprint density at radius 2 is 1.66 bits per heavy atom. The van der Waals surface area contributed by atoms with Gasteiger partial charge in [-0.15, -0.1) is 4.40 Å². The molecule has 0 radical (unpaired) electrons. The Morgan fingerprint density at radius 1 is 0.906 bits per heavy atom. The van der Waals surface area contributed by atoms with Gasteiger partial charge < -0.3 is 5.11 Å². The molecule has 0 fully saturated rings. The maximum absolute atomic E-state index is 13.6. The Morgan fingerprint density at radius 3 is 2.41 bits per heavy atom. The van der Waals surface area contributed by atoms with Gasteiger partial charge in [0.05, 0.1) is 5.39 Å². The number of pyridine rings is 1. The number of aromatic nitrogens is 1. The molecular weight excluding hydrogens is 484 g/mol. The molecule has 4 nitrogen and oxygen atoms in total. The monoisotopic (exact) mass is 500 g/mol. The van der Waals surface area contributed by atoms with E-state index < -0.39 is 0 Å². The van der Waals surface area contributed by atoms with Crippen LogP contribution in [-0.4, -0.2) is 11.7 Å². The second-order valence-electron chi connectivity index (χ2n) is 7.43. The van der Waals surface area contributed by atoms with E-state index in [0.29, 0.717) is 21.8 Å². The van der Waals surface area contributed by atoms with Gasteiger partial charge in [-0.3, -0.25) is 4.79 Å². The lowest BCUT2D eigenvalue weighted by Crippen LogP contribution is -2.28. The van der Waals surface area contributed by atoms with Crippen LogP contribution in [0.5, 0.6) is 0 Å². The molecule has 0 aliphatic heterocycles. The molecule has 0 saturated carbocycles. The summed E-state index contributed by atoms with van der Waals surface area (Å²) in [4.78, 5) is 18.8. The standard InChI is InChI=1S/C26H17BrN2O2S/c1-16-10-12-17(13-11-16)23(30)22-25(28-24(31)18-6-3-2-4-7-18)32-26-20-8-5-9-21(27)19(20)14-15-29(22)26/h2-15H,1H3. The van der Waals surface area contributed by atoms with Crippen LogP contribution < -0.4 is 9.51 Å². The van der Waals surface area contributed by atoms with E-state index in [1.807, 2.05) is 72.1 Å². The lowest BCUT2D eigenvalue weighted by Gasteiger charge is -2.09. The van der Waals surface area contributed by atoms with E-state index in [9.17, 15) is 9.90 Å². The number of aryl methyl sites for hydroxylation is 1. The average Bonchev–Trinajstić information content (AvgIpc) is 3.18. The van der Waals surface area contributed by atoms with Gasteiger partial charge in [0, 0.05) is 21.5 Å². The molecule has 0 aliphatic carbocycles. The molecule has 0 unspecified atom stereocenters. The molecule has 3 aromatic carbocycles. The summed E-state index contributed by atoms with van der Waals surface area (Å²) in [6, 6.07) is 24.2. The second-order valence-corrected chi connectivity index (χ2v) is 9.26. The summed E-state index contributed by atoms with van der Waals surface area (Å²) in [6.45, 7) is 1.98. The smallest absolute Gasteiger partial charge is 0.296 e. The number of carbonyl (C=O) groups excluding carboxylic acids is 1. The molecule has 156 valence electrons. The average molecular weight is 501 g/mol. The molecule has 0 atom stereocenters. The normalized spacial score (nSPS) is 11.9. The van der Waals surface area contributed by atoms with Crippen LogP contribution in [0.2, 0.25) is 0 Å². The Balaban J connectivity index is 1.78. The van der Waals surface area contributed by atoms with Crippen molar-refractivity contribution >= 4 is 59.6 Å². The topological polar surface area (TPSA) is 56.6 Å². The van der Waals surface area contributed by atoms with Crippen molar-refractivity contribution in [2.24, 2.45) is 4.99 Å². The molecular formula is C26H17BrN2O2S. The lowest BCUT2D eigenvalue weighted by atomic mass is 10.1. The Kier molecular flexibility index (Phi) is 5.33. The van der Waals surface area contributed by atoms with Crippen molar-refractivity contribution in [3.63, 3.8) is 0 Å². The van der Waals surface area contributed by atoms with Crippen LogP contribution in [0, 0.1) is 6.92 Å². The summed E-state index contributed by atoms with van der Waals surface area (Å²) in [5.41, 5.74) is 2.50. The third-order valence-electron chi connectivity index (χ3n) is 5.28. The van der Waals surface area contributed by atoms with Crippen molar-refractivity contribution in [3.05, 3.63) is 112 Å².